The molecule has 2 N–H and O–H groups in total. The molecule has 112 valence electrons. The van der Waals surface area contributed by atoms with Gasteiger partial charge in [-0.25, -0.2) is 4.79 Å². The van der Waals surface area contributed by atoms with Gasteiger partial charge in [0.15, 0.2) is 0 Å². The van der Waals surface area contributed by atoms with Gasteiger partial charge in [0, 0.05) is 17.8 Å². The summed E-state index contributed by atoms with van der Waals surface area (Å²) in [6.07, 6.45) is 4.95. The van der Waals surface area contributed by atoms with E-state index in [4.69, 9.17) is 9.26 Å². The molecule has 2 rings (SSSR count). The van der Waals surface area contributed by atoms with E-state index in [1.165, 1.54) is 0 Å². The first kappa shape index (κ1) is 14.9. The summed E-state index contributed by atoms with van der Waals surface area (Å²) < 4.78 is 10.1. The van der Waals surface area contributed by atoms with Crippen molar-refractivity contribution in [3.05, 3.63) is 42.3 Å². The van der Waals surface area contributed by atoms with Crippen LogP contribution in [0.4, 0.5) is 10.5 Å². The molecule has 6 nitrogen and oxygen atoms in total. The van der Waals surface area contributed by atoms with Gasteiger partial charge < -0.3 is 19.9 Å². The summed E-state index contributed by atoms with van der Waals surface area (Å²) >= 11 is 0. The minimum atomic E-state index is -0.218. The molecule has 1 aromatic carbocycles. The van der Waals surface area contributed by atoms with Gasteiger partial charge in [-0.1, -0.05) is 5.16 Å². The molecular weight excluding hydrogens is 270 g/mol. The summed E-state index contributed by atoms with van der Waals surface area (Å²) in [4.78, 5) is 11.7. The molecule has 0 atom stereocenters. The van der Waals surface area contributed by atoms with Crippen molar-refractivity contribution in [3.8, 4) is 5.75 Å². The van der Waals surface area contributed by atoms with Gasteiger partial charge in [0.05, 0.1) is 12.8 Å². The fourth-order valence-electron chi connectivity index (χ4n) is 1.82. The van der Waals surface area contributed by atoms with Crippen LogP contribution in [0.5, 0.6) is 5.75 Å². The van der Waals surface area contributed by atoms with Crippen molar-refractivity contribution in [2.75, 3.05) is 18.5 Å². The Balaban J connectivity index is 1.66. The van der Waals surface area contributed by atoms with Gasteiger partial charge >= 0.3 is 6.03 Å². The maximum absolute atomic E-state index is 11.7. The second-order valence-electron chi connectivity index (χ2n) is 4.47. The van der Waals surface area contributed by atoms with Gasteiger partial charge in [0.1, 0.15) is 12.0 Å². The van der Waals surface area contributed by atoms with Crippen LogP contribution in [0.3, 0.4) is 0 Å². The zero-order valence-electron chi connectivity index (χ0n) is 12.0. The second kappa shape index (κ2) is 7.94. The Hall–Kier alpha value is -2.50. The molecule has 2 aromatic rings. The highest BCUT2D eigenvalue weighted by molar-refractivity contribution is 5.89. The predicted octanol–water partition coefficient (Wildman–Crippen LogP) is 2.83. The van der Waals surface area contributed by atoms with E-state index in [0.717, 1.165) is 29.8 Å². The van der Waals surface area contributed by atoms with Gasteiger partial charge in [-0.15, -0.1) is 0 Å². The van der Waals surface area contributed by atoms with E-state index in [9.17, 15) is 4.79 Å². The number of benzene rings is 1. The van der Waals surface area contributed by atoms with Crippen molar-refractivity contribution < 1.29 is 14.1 Å². The van der Waals surface area contributed by atoms with E-state index >= 15 is 0 Å². The highest BCUT2D eigenvalue weighted by Gasteiger charge is 2.02. The molecule has 0 spiro atoms. The predicted molar refractivity (Wildman–Crippen MR) is 79.5 cm³/mol. The first-order valence-corrected chi connectivity index (χ1v) is 6.94. The van der Waals surface area contributed by atoms with Crippen LogP contribution >= 0.6 is 0 Å². The monoisotopic (exact) mass is 289 g/mol. The second-order valence-corrected chi connectivity index (χ2v) is 4.47. The molecule has 0 fully saturated rings. The number of hydrogen-bond donors (Lipinski definition) is 2. The number of carbonyl (C=O) groups excluding carboxylic acids is 1. The molecule has 0 aliphatic heterocycles. The van der Waals surface area contributed by atoms with Crippen LogP contribution in [-0.4, -0.2) is 24.3 Å². The summed E-state index contributed by atoms with van der Waals surface area (Å²) in [6, 6.07) is 7.05. The van der Waals surface area contributed by atoms with E-state index in [0.29, 0.717) is 13.2 Å². The van der Waals surface area contributed by atoms with Crippen molar-refractivity contribution in [2.45, 2.75) is 19.8 Å². The number of aromatic nitrogens is 1. The Morgan fingerprint density at radius 2 is 2.14 bits per heavy atom. The summed E-state index contributed by atoms with van der Waals surface area (Å²) in [5.74, 6) is 0.789. The number of amides is 2. The summed E-state index contributed by atoms with van der Waals surface area (Å²) in [5.41, 5.74) is 1.76. The number of nitrogens with one attached hydrogen (secondary N) is 2. The van der Waals surface area contributed by atoms with Crippen LogP contribution in [0.25, 0.3) is 0 Å². The third-order valence-electron chi connectivity index (χ3n) is 2.83. The normalized spacial score (nSPS) is 10.1. The maximum atomic E-state index is 11.7. The molecule has 0 aliphatic carbocycles. The van der Waals surface area contributed by atoms with Gasteiger partial charge in [-0.05, 0) is 44.0 Å². The third kappa shape index (κ3) is 5.18. The molecule has 6 heteroatoms. The largest absolute Gasteiger partial charge is 0.494 e. The highest BCUT2D eigenvalue weighted by atomic mass is 16.5. The lowest BCUT2D eigenvalue weighted by molar-refractivity contribution is 0.252. The number of carbonyl (C=O) groups is 1. The van der Waals surface area contributed by atoms with Crippen LogP contribution in [-0.2, 0) is 6.42 Å². The van der Waals surface area contributed by atoms with Crippen LogP contribution in [0.15, 0.2) is 41.2 Å². The minimum Gasteiger partial charge on any atom is -0.494 e. The van der Waals surface area contributed by atoms with Gasteiger partial charge in [-0.2, -0.15) is 0 Å². The van der Waals surface area contributed by atoms with Crippen molar-refractivity contribution in [2.24, 2.45) is 0 Å². The number of ether oxygens (including phenoxy) is 1. The van der Waals surface area contributed by atoms with Crippen LogP contribution in [0, 0.1) is 0 Å². The summed E-state index contributed by atoms with van der Waals surface area (Å²) in [7, 11) is 0. The zero-order chi connectivity index (χ0) is 14.9. The number of aryl methyl sites for hydroxylation is 1. The molecule has 0 bridgehead atoms. The van der Waals surface area contributed by atoms with Crippen molar-refractivity contribution in [1.82, 2.24) is 10.5 Å². The van der Waals surface area contributed by atoms with Gasteiger partial charge in [0.2, 0.25) is 0 Å². The lowest BCUT2D eigenvalue weighted by Crippen LogP contribution is -2.29. The number of hydrogen-bond acceptors (Lipinski definition) is 4. The Labute approximate surface area is 123 Å². The van der Waals surface area contributed by atoms with Gasteiger partial charge in [-0.3, -0.25) is 0 Å². The third-order valence-corrected chi connectivity index (χ3v) is 2.83. The highest BCUT2D eigenvalue weighted by Crippen LogP contribution is 2.15. The van der Waals surface area contributed by atoms with E-state index in [2.05, 4.69) is 15.8 Å². The number of nitrogens with zero attached hydrogens (tertiary/aromatic N) is 1. The van der Waals surface area contributed by atoms with Crippen LogP contribution < -0.4 is 15.4 Å². The number of urea groups is 1. The molecule has 0 saturated carbocycles. The smallest absolute Gasteiger partial charge is 0.319 e. The number of rotatable bonds is 7. The lowest BCUT2D eigenvalue weighted by atomic mass is 10.2. The van der Waals surface area contributed by atoms with Crippen molar-refractivity contribution in [1.29, 1.82) is 0 Å². The van der Waals surface area contributed by atoms with E-state index in [1.54, 1.807) is 12.5 Å². The topological polar surface area (TPSA) is 76.4 Å². The number of anilines is 1. The fourth-order valence-corrected chi connectivity index (χ4v) is 1.82. The average molecular weight is 289 g/mol. The Kier molecular flexibility index (Phi) is 5.63. The standard InChI is InChI=1S/C15H19N3O3/c1-2-20-14-7-5-13(6-8-14)18-15(19)16-9-3-4-12-10-17-21-11-12/h5-8,10-11H,2-4,9H2,1H3,(H2,16,18,19). The van der Waals surface area contributed by atoms with Gasteiger partial charge in [0.25, 0.3) is 0 Å². The maximum Gasteiger partial charge on any atom is 0.319 e. The van der Waals surface area contributed by atoms with Crippen LogP contribution in [0.1, 0.15) is 18.9 Å². The Morgan fingerprint density at radius 3 is 2.81 bits per heavy atom. The van der Waals surface area contributed by atoms with Crippen LogP contribution in [0.2, 0.25) is 0 Å². The minimum absolute atomic E-state index is 0.218. The summed E-state index contributed by atoms with van der Waals surface area (Å²) in [5, 5.41) is 9.20. The molecule has 0 aliphatic rings. The average Bonchev–Trinajstić information content (AvgIpc) is 2.99. The lowest BCUT2D eigenvalue weighted by Gasteiger charge is -2.08. The molecule has 0 saturated heterocycles. The quantitative estimate of drug-likeness (QED) is 0.768. The van der Waals surface area contributed by atoms with Crippen molar-refractivity contribution in [3.63, 3.8) is 0 Å². The van der Waals surface area contributed by atoms with E-state index in [1.807, 2.05) is 31.2 Å². The molecule has 2 amide bonds. The molecule has 1 heterocycles. The Bertz CT molecular complexity index is 538. The van der Waals surface area contributed by atoms with E-state index < -0.39 is 0 Å². The fraction of sp³-hybridized carbons (Fsp3) is 0.333. The molecular formula is C15H19N3O3. The Morgan fingerprint density at radius 1 is 1.33 bits per heavy atom. The first-order valence-electron chi connectivity index (χ1n) is 6.94. The zero-order valence-corrected chi connectivity index (χ0v) is 12.0. The van der Waals surface area contributed by atoms with Crippen molar-refractivity contribution >= 4 is 11.7 Å². The first-order chi connectivity index (χ1) is 10.3. The molecule has 0 unspecified atom stereocenters. The SMILES string of the molecule is CCOc1ccc(NC(=O)NCCCc2cnoc2)cc1. The molecule has 21 heavy (non-hydrogen) atoms. The molecule has 1 aromatic heterocycles. The van der Waals surface area contributed by atoms with E-state index in [-0.39, 0.29) is 6.03 Å². The summed E-state index contributed by atoms with van der Waals surface area (Å²) in [6.45, 7) is 3.15. The molecule has 0 radical (unpaired) electrons.